The van der Waals surface area contributed by atoms with Crippen LogP contribution in [-0.2, 0) is 24.8 Å². The molecule has 0 amide bonds. The van der Waals surface area contributed by atoms with E-state index in [4.69, 9.17) is 4.74 Å². The number of hydrogen-bond acceptors (Lipinski definition) is 9. The number of pyridine rings is 1. The molecule has 0 spiro atoms. The first kappa shape index (κ1) is 23.7. The molecule has 1 aliphatic rings. The molecule has 0 bridgehead atoms. The van der Waals surface area contributed by atoms with Crippen molar-refractivity contribution < 1.29 is 9.53 Å². The molecule has 4 rings (SSSR count). The predicted molar refractivity (Wildman–Crippen MR) is 127 cm³/mol. The van der Waals surface area contributed by atoms with Crippen molar-refractivity contribution in [1.29, 1.82) is 0 Å². The Hall–Kier alpha value is -3.43. The third kappa shape index (κ3) is 5.92. The SMILES string of the molecule is CCCCc1ncnc(NCc2c(-c3ccc(O[C@H]4CCC[C@H](C(C)=O)C4)cn3)nnn2C)n1. The summed E-state index contributed by atoms with van der Waals surface area (Å²) < 4.78 is 7.84. The van der Waals surface area contributed by atoms with E-state index in [0.717, 1.165) is 56.5 Å². The number of aromatic nitrogens is 7. The van der Waals surface area contributed by atoms with Gasteiger partial charge in [0.2, 0.25) is 5.95 Å². The molecular weight excluding hydrogens is 432 g/mol. The van der Waals surface area contributed by atoms with Gasteiger partial charge in [-0.1, -0.05) is 18.6 Å². The Balaban J connectivity index is 1.41. The average molecular weight is 465 g/mol. The summed E-state index contributed by atoms with van der Waals surface area (Å²) >= 11 is 0. The van der Waals surface area contributed by atoms with Crippen molar-refractivity contribution in [2.75, 3.05) is 5.32 Å². The Bertz CT molecular complexity index is 1100. The van der Waals surface area contributed by atoms with Gasteiger partial charge in [-0.05, 0) is 51.2 Å². The van der Waals surface area contributed by atoms with Crippen LogP contribution < -0.4 is 10.1 Å². The van der Waals surface area contributed by atoms with Crippen LogP contribution >= 0.6 is 0 Å². The first-order chi connectivity index (χ1) is 16.5. The number of rotatable bonds is 10. The zero-order valence-corrected chi connectivity index (χ0v) is 20.1. The summed E-state index contributed by atoms with van der Waals surface area (Å²) in [5.41, 5.74) is 2.27. The number of carbonyl (C=O) groups is 1. The van der Waals surface area contributed by atoms with Crippen LogP contribution in [0.1, 0.15) is 63.9 Å². The van der Waals surface area contributed by atoms with Gasteiger partial charge in [-0.25, -0.2) is 14.6 Å². The third-order valence-corrected chi connectivity index (χ3v) is 6.22. The molecule has 1 N–H and O–H groups in total. The average Bonchev–Trinajstić information content (AvgIpc) is 3.22. The summed E-state index contributed by atoms with van der Waals surface area (Å²) in [4.78, 5) is 29.3. The number of unbranched alkanes of at least 4 members (excludes halogenated alkanes) is 1. The second kappa shape index (κ2) is 11.1. The molecule has 34 heavy (non-hydrogen) atoms. The van der Waals surface area contributed by atoms with E-state index in [0.29, 0.717) is 29.6 Å². The summed E-state index contributed by atoms with van der Waals surface area (Å²) in [5, 5.41) is 11.7. The van der Waals surface area contributed by atoms with Gasteiger partial charge in [0.25, 0.3) is 0 Å². The molecule has 1 aliphatic carbocycles. The number of ketones is 1. The third-order valence-electron chi connectivity index (χ3n) is 6.22. The van der Waals surface area contributed by atoms with Crippen LogP contribution in [-0.4, -0.2) is 46.8 Å². The van der Waals surface area contributed by atoms with Crippen LogP contribution in [0.4, 0.5) is 5.95 Å². The maximum atomic E-state index is 11.7. The molecule has 3 aromatic heterocycles. The van der Waals surface area contributed by atoms with Crippen LogP contribution in [0.25, 0.3) is 11.4 Å². The van der Waals surface area contributed by atoms with Crippen LogP contribution in [0.3, 0.4) is 0 Å². The van der Waals surface area contributed by atoms with Gasteiger partial charge >= 0.3 is 0 Å². The van der Waals surface area contributed by atoms with Crippen LogP contribution in [0.2, 0.25) is 0 Å². The predicted octanol–water partition coefficient (Wildman–Crippen LogP) is 3.54. The van der Waals surface area contributed by atoms with E-state index in [1.165, 1.54) is 6.33 Å². The largest absolute Gasteiger partial charge is 0.489 e. The summed E-state index contributed by atoms with van der Waals surface area (Å²) in [7, 11) is 1.85. The lowest BCUT2D eigenvalue weighted by Gasteiger charge is -2.28. The molecule has 0 saturated heterocycles. The summed E-state index contributed by atoms with van der Waals surface area (Å²) in [6.07, 6.45) is 9.97. The molecule has 1 fully saturated rings. The molecular formula is C24H32N8O2. The quantitative estimate of drug-likeness (QED) is 0.480. The topological polar surface area (TPSA) is 121 Å². The van der Waals surface area contributed by atoms with Gasteiger partial charge in [-0.15, -0.1) is 5.10 Å². The highest BCUT2D eigenvalue weighted by Crippen LogP contribution is 2.29. The van der Waals surface area contributed by atoms with E-state index in [-0.39, 0.29) is 17.8 Å². The zero-order valence-electron chi connectivity index (χ0n) is 20.1. The Morgan fingerprint density at radius 1 is 1.24 bits per heavy atom. The van der Waals surface area contributed by atoms with Crippen molar-refractivity contribution in [3.8, 4) is 17.1 Å². The van der Waals surface area contributed by atoms with Crippen molar-refractivity contribution in [3.05, 3.63) is 36.2 Å². The summed E-state index contributed by atoms with van der Waals surface area (Å²) in [6.45, 7) is 4.26. The highest BCUT2D eigenvalue weighted by molar-refractivity contribution is 5.78. The minimum Gasteiger partial charge on any atom is -0.489 e. The van der Waals surface area contributed by atoms with E-state index in [2.05, 4.69) is 42.5 Å². The van der Waals surface area contributed by atoms with Crippen LogP contribution in [0.5, 0.6) is 5.75 Å². The zero-order chi connectivity index (χ0) is 23.9. The normalized spacial score (nSPS) is 18.0. The van der Waals surface area contributed by atoms with E-state index in [1.54, 1.807) is 17.8 Å². The number of aryl methyl sites for hydroxylation is 2. The molecule has 180 valence electrons. The van der Waals surface area contributed by atoms with E-state index >= 15 is 0 Å². The van der Waals surface area contributed by atoms with Crippen LogP contribution in [0, 0.1) is 5.92 Å². The molecule has 10 heteroatoms. The molecule has 3 heterocycles. The maximum absolute atomic E-state index is 11.7. The Kier molecular flexibility index (Phi) is 7.76. The monoisotopic (exact) mass is 464 g/mol. The molecule has 2 atom stereocenters. The Morgan fingerprint density at radius 2 is 2.12 bits per heavy atom. The lowest BCUT2D eigenvalue weighted by molar-refractivity contribution is -0.122. The van der Waals surface area contributed by atoms with Gasteiger partial charge in [0.15, 0.2) is 0 Å². The smallest absolute Gasteiger partial charge is 0.226 e. The fraction of sp³-hybridized carbons (Fsp3) is 0.542. The number of ether oxygens (including phenoxy) is 1. The van der Waals surface area contributed by atoms with Gasteiger partial charge in [0, 0.05) is 19.4 Å². The van der Waals surface area contributed by atoms with Crippen molar-refractivity contribution in [3.63, 3.8) is 0 Å². The minimum absolute atomic E-state index is 0.0501. The van der Waals surface area contributed by atoms with E-state index < -0.39 is 0 Å². The fourth-order valence-electron chi connectivity index (χ4n) is 4.21. The fourth-order valence-corrected chi connectivity index (χ4v) is 4.21. The molecule has 1 saturated carbocycles. The Labute approximate surface area is 199 Å². The highest BCUT2D eigenvalue weighted by atomic mass is 16.5. The first-order valence-corrected chi connectivity index (χ1v) is 12.0. The van der Waals surface area contributed by atoms with E-state index in [9.17, 15) is 4.79 Å². The second-order valence-corrected chi connectivity index (χ2v) is 8.78. The van der Waals surface area contributed by atoms with Crippen molar-refractivity contribution in [2.24, 2.45) is 13.0 Å². The lowest BCUT2D eigenvalue weighted by atomic mass is 9.85. The number of carbonyl (C=O) groups excluding carboxylic acids is 1. The maximum Gasteiger partial charge on any atom is 0.226 e. The number of nitrogens with one attached hydrogen (secondary N) is 1. The summed E-state index contributed by atoms with van der Waals surface area (Å²) in [6, 6.07) is 3.79. The number of anilines is 1. The standard InChI is InChI=1S/C24H32N8O2/c1-4-5-9-22-27-15-28-24(29-22)26-14-21-23(30-31-32(21)3)20-11-10-19(13-25-20)34-18-8-6-7-17(12-18)16(2)33/h10-11,13,15,17-18H,4-9,12,14H2,1-3H3,(H,26,27,28,29)/t17-,18-/m0/s1. The van der Waals surface area contributed by atoms with Crippen molar-refractivity contribution in [1.82, 2.24) is 34.9 Å². The van der Waals surface area contributed by atoms with Gasteiger partial charge in [0.05, 0.1) is 30.2 Å². The molecule has 0 unspecified atom stereocenters. The Morgan fingerprint density at radius 3 is 2.88 bits per heavy atom. The van der Waals surface area contributed by atoms with Crippen molar-refractivity contribution >= 4 is 11.7 Å². The molecule has 10 nitrogen and oxygen atoms in total. The number of nitrogens with zero attached hydrogens (tertiary/aromatic N) is 7. The minimum atomic E-state index is 0.0501. The van der Waals surface area contributed by atoms with Gasteiger partial charge in [-0.3, -0.25) is 9.78 Å². The second-order valence-electron chi connectivity index (χ2n) is 8.78. The molecule has 0 aromatic carbocycles. The van der Waals surface area contributed by atoms with Gasteiger partial charge < -0.3 is 10.1 Å². The lowest BCUT2D eigenvalue weighted by Crippen LogP contribution is -2.28. The molecule has 0 aliphatic heterocycles. The van der Waals surface area contributed by atoms with Gasteiger partial charge in [-0.2, -0.15) is 4.98 Å². The van der Waals surface area contributed by atoms with Crippen molar-refractivity contribution in [2.45, 2.75) is 71.4 Å². The first-order valence-electron chi connectivity index (χ1n) is 12.0. The molecule has 0 radical (unpaired) electrons. The highest BCUT2D eigenvalue weighted by Gasteiger charge is 2.26. The van der Waals surface area contributed by atoms with Gasteiger partial charge in [0.1, 0.15) is 29.4 Å². The molecule has 3 aromatic rings. The summed E-state index contributed by atoms with van der Waals surface area (Å²) in [5.74, 6) is 2.37. The van der Waals surface area contributed by atoms with Crippen LogP contribution in [0.15, 0.2) is 24.7 Å². The van der Waals surface area contributed by atoms with E-state index in [1.807, 2.05) is 19.2 Å². The number of hydrogen-bond donors (Lipinski definition) is 1. The number of Topliss-reactive ketones (excluding diaryl/α,β-unsaturated/α-hetero) is 1.